The van der Waals surface area contributed by atoms with Gasteiger partial charge in [-0.15, -0.1) is 0 Å². The van der Waals surface area contributed by atoms with E-state index in [0.717, 1.165) is 28.4 Å². The molecule has 0 aliphatic heterocycles. The minimum Gasteiger partial charge on any atom is -0.469 e. The van der Waals surface area contributed by atoms with Gasteiger partial charge in [-0.25, -0.2) is 4.98 Å². The highest BCUT2D eigenvalue weighted by molar-refractivity contribution is 7.71. The standard InChI is InChI=1S/C15H12N2OS/c1-10-12(7-8-18-10)15-16-13(9-14(19)17-15)11-5-3-2-4-6-11/h2-9H,1H3,(H,16,17,19). The van der Waals surface area contributed by atoms with Crippen LogP contribution in [0.2, 0.25) is 0 Å². The average molecular weight is 268 g/mol. The summed E-state index contributed by atoms with van der Waals surface area (Å²) in [6, 6.07) is 13.8. The fourth-order valence-corrected chi connectivity index (χ4v) is 2.20. The first-order valence-corrected chi connectivity index (χ1v) is 6.36. The third-order valence-corrected chi connectivity index (χ3v) is 3.15. The number of rotatable bonds is 2. The lowest BCUT2D eigenvalue weighted by Crippen LogP contribution is -1.92. The zero-order valence-electron chi connectivity index (χ0n) is 10.4. The number of hydrogen-bond acceptors (Lipinski definition) is 3. The normalized spacial score (nSPS) is 10.6. The predicted octanol–water partition coefficient (Wildman–Crippen LogP) is 4.37. The maximum atomic E-state index is 5.31. The molecule has 19 heavy (non-hydrogen) atoms. The molecule has 0 radical (unpaired) electrons. The van der Waals surface area contributed by atoms with E-state index >= 15 is 0 Å². The minimum atomic E-state index is 0.563. The fraction of sp³-hybridized carbons (Fsp3) is 0.0667. The van der Waals surface area contributed by atoms with Gasteiger partial charge in [0.05, 0.1) is 11.8 Å². The van der Waals surface area contributed by atoms with Crippen LogP contribution in [0.15, 0.2) is 53.1 Å². The highest BCUT2D eigenvalue weighted by Gasteiger charge is 2.08. The van der Waals surface area contributed by atoms with Crippen LogP contribution in [0.5, 0.6) is 0 Å². The number of nitrogens with zero attached hydrogens (tertiary/aromatic N) is 1. The minimum absolute atomic E-state index is 0.563. The van der Waals surface area contributed by atoms with Crippen molar-refractivity contribution in [3.8, 4) is 22.6 Å². The summed E-state index contributed by atoms with van der Waals surface area (Å²) in [6.07, 6.45) is 1.65. The van der Waals surface area contributed by atoms with Crippen molar-refractivity contribution >= 4 is 12.2 Å². The van der Waals surface area contributed by atoms with Gasteiger partial charge in [-0.05, 0) is 24.6 Å². The van der Waals surface area contributed by atoms with Crippen LogP contribution in [0.1, 0.15) is 5.76 Å². The Morgan fingerprint density at radius 3 is 2.63 bits per heavy atom. The summed E-state index contributed by atoms with van der Waals surface area (Å²) in [4.78, 5) is 7.67. The summed E-state index contributed by atoms with van der Waals surface area (Å²) < 4.78 is 5.87. The van der Waals surface area contributed by atoms with Crippen LogP contribution in [0.25, 0.3) is 22.6 Å². The van der Waals surface area contributed by atoms with E-state index in [0.29, 0.717) is 4.64 Å². The summed E-state index contributed by atoms with van der Waals surface area (Å²) in [5.74, 6) is 1.56. The first-order chi connectivity index (χ1) is 9.24. The molecule has 0 spiro atoms. The maximum Gasteiger partial charge on any atom is 0.142 e. The molecular formula is C15H12N2OS. The molecule has 0 amide bonds. The molecule has 0 aliphatic rings. The smallest absolute Gasteiger partial charge is 0.142 e. The first-order valence-electron chi connectivity index (χ1n) is 5.95. The SMILES string of the molecule is Cc1occc1-c1nc(=S)cc(-c2ccccc2)[nH]1. The monoisotopic (exact) mass is 268 g/mol. The van der Waals surface area contributed by atoms with E-state index in [1.807, 2.05) is 49.4 Å². The van der Waals surface area contributed by atoms with Crippen molar-refractivity contribution in [2.24, 2.45) is 0 Å². The van der Waals surface area contributed by atoms with Crippen molar-refractivity contribution < 1.29 is 4.42 Å². The Bertz CT molecular complexity index is 759. The van der Waals surface area contributed by atoms with Crippen molar-refractivity contribution in [1.29, 1.82) is 0 Å². The molecule has 0 aliphatic carbocycles. The second-order valence-corrected chi connectivity index (χ2v) is 4.66. The topological polar surface area (TPSA) is 41.8 Å². The Kier molecular flexibility index (Phi) is 3.01. The highest BCUT2D eigenvalue weighted by Crippen LogP contribution is 2.24. The van der Waals surface area contributed by atoms with Gasteiger partial charge in [0.2, 0.25) is 0 Å². The molecule has 4 heteroatoms. The highest BCUT2D eigenvalue weighted by atomic mass is 32.1. The van der Waals surface area contributed by atoms with Gasteiger partial charge in [0.1, 0.15) is 16.2 Å². The van der Waals surface area contributed by atoms with E-state index in [2.05, 4.69) is 9.97 Å². The molecule has 3 rings (SSSR count). The Balaban J connectivity index is 2.17. The second kappa shape index (κ2) is 4.82. The van der Waals surface area contributed by atoms with Crippen LogP contribution >= 0.6 is 12.2 Å². The predicted molar refractivity (Wildman–Crippen MR) is 77.3 cm³/mol. The zero-order valence-corrected chi connectivity index (χ0v) is 11.2. The van der Waals surface area contributed by atoms with Crippen LogP contribution in [0, 0.1) is 11.6 Å². The molecule has 3 aromatic rings. The van der Waals surface area contributed by atoms with Crippen LogP contribution < -0.4 is 0 Å². The maximum absolute atomic E-state index is 5.31. The first kappa shape index (κ1) is 11.9. The molecule has 2 heterocycles. The van der Waals surface area contributed by atoms with Crippen molar-refractivity contribution in [1.82, 2.24) is 9.97 Å². The molecule has 0 bridgehead atoms. The second-order valence-electron chi connectivity index (χ2n) is 4.24. The number of nitrogens with one attached hydrogen (secondary N) is 1. The summed E-state index contributed by atoms with van der Waals surface area (Å²) in [5, 5.41) is 0. The van der Waals surface area contributed by atoms with Gasteiger partial charge in [-0.2, -0.15) is 0 Å². The summed E-state index contributed by atoms with van der Waals surface area (Å²) >= 11 is 5.24. The molecule has 1 N–H and O–H groups in total. The Morgan fingerprint density at radius 1 is 1.16 bits per heavy atom. The lowest BCUT2D eigenvalue weighted by atomic mass is 10.1. The van der Waals surface area contributed by atoms with Crippen LogP contribution in [0.4, 0.5) is 0 Å². The van der Waals surface area contributed by atoms with E-state index in [9.17, 15) is 0 Å². The zero-order chi connectivity index (χ0) is 13.2. The third-order valence-electron chi connectivity index (χ3n) is 2.94. The van der Waals surface area contributed by atoms with Gasteiger partial charge < -0.3 is 9.40 Å². The van der Waals surface area contributed by atoms with Gasteiger partial charge >= 0.3 is 0 Å². The summed E-state index contributed by atoms with van der Waals surface area (Å²) in [5.41, 5.74) is 2.97. The van der Waals surface area contributed by atoms with Crippen LogP contribution in [-0.2, 0) is 0 Å². The van der Waals surface area contributed by atoms with Gasteiger partial charge in [0.25, 0.3) is 0 Å². The van der Waals surface area contributed by atoms with E-state index in [1.54, 1.807) is 6.26 Å². The van der Waals surface area contributed by atoms with E-state index < -0.39 is 0 Å². The van der Waals surface area contributed by atoms with Crippen molar-refractivity contribution in [2.45, 2.75) is 6.92 Å². The Morgan fingerprint density at radius 2 is 1.95 bits per heavy atom. The Hall–Kier alpha value is -2.20. The third kappa shape index (κ3) is 2.35. The molecular weight excluding hydrogens is 256 g/mol. The molecule has 0 fully saturated rings. The summed E-state index contributed by atoms with van der Waals surface area (Å²) in [7, 11) is 0. The van der Waals surface area contributed by atoms with Crippen LogP contribution in [-0.4, -0.2) is 9.97 Å². The largest absolute Gasteiger partial charge is 0.469 e. The van der Waals surface area contributed by atoms with E-state index in [4.69, 9.17) is 16.6 Å². The van der Waals surface area contributed by atoms with Gasteiger partial charge in [-0.1, -0.05) is 42.5 Å². The van der Waals surface area contributed by atoms with Gasteiger partial charge in [-0.3, -0.25) is 0 Å². The molecule has 0 saturated carbocycles. The lowest BCUT2D eigenvalue weighted by Gasteiger charge is -2.05. The van der Waals surface area contributed by atoms with Gasteiger partial charge in [0.15, 0.2) is 0 Å². The lowest BCUT2D eigenvalue weighted by molar-refractivity contribution is 0.535. The molecule has 1 aromatic carbocycles. The van der Waals surface area contributed by atoms with Gasteiger partial charge in [0, 0.05) is 5.69 Å². The van der Waals surface area contributed by atoms with Crippen molar-refractivity contribution in [2.75, 3.05) is 0 Å². The van der Waals surface area contributed by atoms with Crippen LogP contribution in [0.3, 0.4) is 0 Å². The van der Waals surface area contributed by atoms with Crippen molar-refractivity contribution in [3.05, 3.63) is 59.1 Å². The molecule has 0 saturated heterocycles. The molecule has 3 nitrogen and oxygen atoms in total. The molecule has 0 unspecified atom stereocenters. The number of aryl methyl sites for hydroxylation is 1. The van der Waals surface area contributed by atoms with E-state index in [-0.39, 0.29) is 0 Å². The van der Waals surface area contributed by atoms with E-state index in [1.165, 1.54) is 0 Å². The quantitative estimate of drug-likeness (QED) is 0.701. The van der Waals surface area contributed by atoms with Crippen molar-refractivity contribution in [3.63, 3.8) is 0 Å². The number of furan rings is 1. The number of aromatic nitrogens is 2. The number of hydrogen-bond donors (Lipinski definition) is 1. The number of H-pyrrole nitrogens is 1. The molecule has 94 valence electrons. The number of benzene rings is 1. The molecule has 0 atom stereocenters. The molecule has 2 aromatic heterocycles. The number of aromatic amines is 1. The average Bonchev–Trinajstić information content (AvgIpc) is 2.85. The Labute approximate surface area is 116 Å². The summed E-state index contributed by atoms with van der Waals surface area (Å²) in [6.45, 7) is 1.91. The fourth-order valence-electron chi connectivity index (χ4n) is 1.99.